The Labute approximate surface area is 281 Å². The van der Waals surface area contributed by atoms with E-state index in [1.54, 1.807) is 19.1 Å². The predicted octanol–water partition coefficient (Wildman–Crippen LogP) is 1.11. The fraction of sp³-hybridized carbons (Fsp3) is 0.457. The number of hydrogen-bond acceptors (Lipinski definition) is 12. The van der Waals surface area contributed by atoms with Crippen LogP contribution in [0, 0.1) is 5.92 Å². The van der Waals surface area contributed by atoms with Gasteiger partial charge in [-0.25, -0.2) is 4.79 Å². The topological polar surface area (TPSA) is 237 Å². The Morgan fingerprint density at radius 1 is 0.939 bits per heavy atom. The minimum atomic E-state index is -1.08. The molecule has 4 unspecified atom stereocenters. The van der Waals surface area contributed by atoms with E-state index in [0.29, 0.717) is 24.8 Å². The molecule has 1 heterocycles. The lowest BCUT2D eigenvalue weighted by atomic mass is 9.75. The minimum Gasteiger partial charge on any atom is -0.507 e. The standard InChI is InChI=1S/C21H18O7.C14H21NO6/c1-28-14-4-2-3-11-15(14)21(27)17-16(19(11)25)20(26)12-7-9(13(23)8-22)5-6-10(12)18(17)24;1-7-12(17)11(10(16)6-21-7)15-13(18)8-4-2-3-5-9(8)14(19)20/h2-4,9,22,24,26H,5-8H2,1H3;7,10-12,16-17H,2-6H2,1H3,(H,15,18)(H,19,20)/t9-;/m0./s1. The fourth-order valence-electron chi connectivity index (χ4n) is 7.00. The van der Waals surface area contributed by atoms with Crippen LogP contribution in [-0.2, 0) is 32.0 Å². The zero-order valence-electron chi connectivity index (χ0n) is 27.0. The van der Waals surface area contributed by atoms with Crippen molar-refractivity contribution < 1.29 is 64.1 Å². The van der Waals surface area contributed by atoms with Gasteiger partial charge in [0.2, 0.25) is 11.7 Å². The van der Waals surface area contributed by atoms with Crippen LogP contribution < -0.4 is 10.1 Å². The van der Waals surface area contributed by atoms with Gasteiger partial charge in [-0.1, -0.05) is 12.1 Å². The van der Waals surface area contributed by atoms with Crippen LogP contribution in [0.5, 0.6) is 17.2 Å². The molecule has 2 aromatic carbocycles. The van der Waals surface area contributed by atoms with E-state index in [9.17, 15) is 44.4 Å². The van der Waals surface area contributed by atoms with E-state index in [1.807, 2.05) is 0 Å². The first-order chi connectivity index (χ1) is 23.3. The number of aliphatic carboxylic acids is 1. The summed E-state index contributed by atoms with van der Waals surface area (Å²) in [4.78, 5) is 61.5. The van der Waals surface area contributed by atoms with Gasteiger partial charge in [-0.15, -0.1) is 0 Å². The van der Waals surface area contributed by atoms with E-state index < -0.39 is 60.3 Å². The monoisotopic (exact) mass is 681 g/mol. The molecule has 0 spiro atoms. The van der Waals surface area contributed by atoms with Gasteiger partial charge in [0.05, 0.1) is 42.6 Å². The zero-order valence-corrected chi connectivity index (χ0v) is 27.0. The second kappa shape index (κ2) is 14.5. The third-order valence-electron chi connectivity index (χ3n) is 9.73. The Hall–Kier alpha value is -4.63. The number of methoxy groups -OCH3 is 1. The number of carbonyl (C=O) groups excluding carboxylic acids is 4. The number of carbonyl (C=O) groups is 5. The Morgan fingerprint density at radius 2 is 1.59 bits per heavy atom. The van der Waals surface area contributed by atoms with Gasteiger partial charge in [0.15, 0.2) is 11.6 Å². The molecule has 14 heteroatoms. The van der Waals surface area contributed by atoms with Crippen LogP contribution in [0.25, 0.3) is 0 Å². The largest absolute Gasteiger partial charge is 0.507 e. The molecule has 14 nitrogen and oxygen atoms in total. The number of carboxylic acids is 1. The summed E-state index contributed by atoms with van der Waals surface area (Å²) in [6.45, 7) is 1.06. The number of benzene rings is 2. The number of carboxylic acid groups (broad SMARTS) is 1. The smallest absolute Gasteiger partial charge is 0.332 e. The SMILES string of the molecule is CC1OCC(O)C(NC(=O)C2=C(C(=O)O)CCCC2)C1O.COc1cccc2c1C(=O)c1c(O)c3c(c(O)c1C2=O)C[C@@H](C(=O)CO)CC3. The van der Waals surface area contributed by atoms with E-state index in [0.717, 1.165) is 12.8 Å². The molecular weight excluding hydrogens is 642 g/mol. The molecule has 49 heavy (non-hydrogen) atoms. The van der Waals surface area contributed by atoms with Crippen LogP contribution in [0.15, 0.2) is 29.3 Å². The van der Waals surface area contributed by atoms with Crippen molar-refractivity contribution in [3.8, 4) is 17.2 Å². The molecule has 2 aromatic rings. The molecule has 1 saturated heterocycles. The third kappa shape index (κ3) is 6.56. The van der Waals surface area contributed by atoms with Crippen molar-refractivity contribution >= 4 is 29.2 Å². The number of Topliss-reactive ketones (excluding diaryl/α,β-unsaturated/α-hetero) is 1. The lowest BCUT2D eigenvalue weighted by molar-refractivity contribution is -0.144. The quantitative estimate of drug-likeness (QED) is 0.181. The van der Waals surface area contributed by atoms with Gasteiger partial charge < -0.3 is 45.4 Å². The first kappa shape index (κ1) is 35.7. The second-order valence-corrected chi connectivity index (χ2v) is 12.6. The van der Waals surface area contributed by atoms with Crippen molar-refractivity contribution in [2.45, 2.75) is 76.2 Å². The second-order valence-electron chi connectivity index (χ2n) is 12.6. The summed E-state index contributed by atoms with van der Waals surface area (Å²) in [6.07, 6.45) is 0.441. The molecule has 1 amide bonds. The third-order valence-corrected chi connectivity index (χ3v) is 9.73. The van der Waals surface area contributed by atoms with Gasteiger partial charge >= 0.3 is 5.97 Å². The van der Waals surface area contributed by atoms with Crippen LogP contribution in [0.2, 0.25) is 0 Å². The van der Waals surface area contributed by atoms with Gasteiger partial charge in [0.25, 0.3) is 0 Å². The van der Waals surface area contributed by atoms with E-state index in [1.165, 1.54) is 13.2 Å². The highest BCUT2D eigenvalue weighted by Crippen LogP contribution is 2.47. The molecule has 3 aliphatic carbocycles. The van der Waals surface area contributed by atoms with E-state index >= 15 is 0 Å². The number of fused-ring (bicyclic) bond motifs is 3. The van der Waals surface area contributed by atoms with Crippen LogP contribution in [-0.4, -0.2) is 105 Å². The molecule has 262 valence electrons. The summed E-state index contributed by atoms with van der Waals surface area (Å²) >= 11 is 0. The summed E-state index contributed by atoms with van der Waals surface area (Å²) < 4.78 is 10.4. The van der Waals surface area contributed by atoms with Gasteiger partial charge in [-0.3, -0.25) is 19.2 Å². The van der Waals surface area contributed by atoms with E-state index in [-0.39, 0.29) is 81.4 Å². The van der Waals surface area contributed by atoms with Gasteiger partial charge in [0.1, 0.15) is 36.1 Å². The Morgan fingerprint density at radius 3 is 2.24 bits per heavy atom. The number of aliphatic hydroxyl groups is 3. The van der Waals surface area contributed by atoms with Crippen LogP contribution in [0.4, 0.5) is 0 Å². The van der Waals surface area contributed by atoms with Crippen molar-refractivity contribution in [3.05, 3.63) is 62.7 Å². The van der Waals surface area contributed by atoms with E-state index in [2.05, 4.69) is 5.32 Å². The van der Waals surface area contributed by atoms with Crippen molar-refractivity contribution in [2.75, 3.05) is 20.3 Å². The highest BCUT2D eigenvalue weighted by atomic mass is 16.5. The summed E-state index contributed by atoms with van der Waals surface area (Å²) in [5, 5.41) is 62.3. The average molecular weight is 682 g/mol. The van der Waals surface area contributed by atoms with Crippen LogP contribution >= 0.6 is 0 Å². The summed E-state index contributed by atoms with van der Waals surface area (Å²) in [5.41, 5.74) is 0.672. The lowest BCUT2D eigenvalue weighted by Gasteiger charge is -2.37. The van der Waals surface area contributed by atoms with Gasteiger partial charge in [0, 0.05) is 33.8 Å². The van der Waals surface area contributed by atoms with Crippen LogP contribution in [0.1, 0.15) is 82.0 Å². The predicted molar refractivity (Wildman–Crippen MR) is 170 cm³/mol. The maximum atomic E-state index is 13.1. The molecular formula is C35H39NO13. The number of phenolic OH excluding ortho intramolecular Hbond substituents is 2. The lowest BCUT2D eigenvalue weighted by Crippen LogP contribution is -2.60. The molecule has 5 atom stereocenters. The number of ether oxygens (including phenoxy) is 2. The van der Waals surface area contributed by atoms with Crippen molar-refractivity contribution in [1.82, 2.24) is 5.32 Å². The average Bonchev–Trinajstić information content (AvgIpc) is 3.11. The van der Waals surface area contributed by atoms with Gasteiger partial charge in [-0.05, 0) is 57.9 Å². The first-order valence-electron chi connectivity index (χ1n) is 16.1. The molecule has 0 radical (unpaired) electrons. The molecule has 0 aromatic heterocycles. The number of rotatable bonds is 6. The Bertz CT molecular complexity index is 1750. The van der Waals surface area contributed by atoms with Crippen molar-refractivity contribution in [3.63, 3.8) is 0 Å². The zero-order chi connectivity index (χ0) is 35.7. The maximum absolute atomic E-state index is 13.1. The highest BCUT2D eigenvalue weighted by molar-refractivity contribution is 6.31. The molecule has 4 aliphatic rings. The van der Waals surface area contributed by atoms with Crippen molar-refractivity contribution in [1.29, 1.82) is 0 Å². The Balaban J connectivity index is 0.000000200. The molecule has 1 fully saturated rings. The first-order valence-corrected chi connectivity index (χ1v) is 16.1. The number of aromatic hydroxyl groups is 2. The summed E-state index contributed by atoms with van der Waals surface area (Å²) in [5.74, 6) is -4.17. The van der Waals surface area contributed by atoms with Crippen LogP contribution in [0.3, 0.4) is 0 Å². The number of aliphatic hydroxyl groups excluding tert-OH is 3. The number of amides is 1. The molecule has 7 N–H and O–H groups in total. The fourth-order valence-corrected chi connectivity index (χ4v) is 7.00. The Kier molecular flexibility index (Phi) is 10.5. The maximum Gasteiger partial charge on any atom is 0.332 e. The van der Waals surface area contributed by atoms with Gasteiger partial charge in [-0.2, -0.15) is 0 Å². The number of hydrogen-bond donors (Lipinski definition) is 7. The van der Waals surface area contributed by atoms with Crippen molar-refractivity contribution in [2.24, 2.45) is 5.92 Å². The molecule has 1 aliphatic heterocycles. The normalized spacial score (nSPS) is 24.5. The summed E-state index contributed by atoms with van der Waals surface area (Å²) in [6, 6.07) is 3.73. The number of nitrogens with one attached hydrogen (secondary N) is 1. The minimum absolute atomic E-state index is 0.0218. The van der Waals surface area contributed by atoms with E-state index in [4.69, 9.17) is 19.7 Å². The molecule has 0 bridgehead atoms. The number of phenols is 2. The highest BCUT2D eigenvalue weighted by Gasteiger charge is 2.41. The summed E-state index contributed by atoms with van der Waals surface area (Å²) in [7, 11) is 1.38. The molecule has 0 saturated carbocycles. The number of ketones is 3. The molecule has 6 rings (SSSR count).